The molecule has 0 saturated heterocycles. The van der Waals surface area contributed by atoms with E-state index in [9.17, 15) is 8.78 Å². The van der Waals surface area contributed by atoms with Gasteiger partial charge in [0.1, 0.15) is 11.6 Å². The van der Waals surface area contributed by atoms with Crippen molar-refractivity contribution in [2.75, 3.05) is 0 Å². The second-order valence-corrected chi connectivity index (χ2v) is 5.11. The van der Waals surface area contributed by atoms with Gasteiger partial charge in [0.25, 0.3) is 0 Å². The van der Waals surface area contributed by atoms with Crippen molar-refractivity contribution in [1.82, 2.24) is 5.43 Å². The van der Waals surface area contributed by atoms with Crippen LogP contribution in [-0.2, 0) is 12.8 Å². The van der Waals surface area contributed by atoms with Gasteiger partial charge in [-0.05, 0) is 48.2 Å². The predicted octanol–water partition coefficient (Wildman–Crippen LogP) is 3.24. The van der Waals surface area contributed by atoms with Crippen LogP contribution in [0.15, 0.2) is 42.5 Å². The van der Waals surface area contributed by atoms with Gasteiger partial charge in [-0.3, -0.25) is 11.3 Å². The molecule has 2 aromatic carbocycles. The summed E-state index contributed by atoms with van der Waals surface area (Å²) in [6, 6.07) is 10.8. The number of nitrogens with one attached hydrogen (secondary N) is 1. The largest absolute Gasteiger partial charge is 0.271 e. The molecule has 0 heterocycles. The van der Waals surface area contributed by atoms with Crippen LogP contribution in [0.5, 0.6) is 0 Å². The Morgan fingerprint density at radius 3 is 2.05 bits per heavy atom. The van der Waals surface area contributed by atoms with Crippen molar-refractivity contribution in [2.45, 2.75) is 18.9 Å². The van der Waals surface area contributed by atoms with E-state index in [4.69, 9.17) is 17.4 Å². The fourth-order valence-corrected chi connectivity index (χ4v) is 2.23. The molecule has 1 unspecified atom stereocenters. The van der Waals surface area contributed by atoms with Gasteiger partial charge in [-0.25, -0.2) is 8.78 Å². The van der Waals surface area contributed by atoms with Crippen LogP contribution in [0, 0.1) is 11.6 Å². The van der Waals surface area contributed by atoms with E-state index in [1.54, 1.807) is 12.1 Å². The van der Waals surface area contributed by atoms with E-state index in [0.717, 1.165) is 11.6 Å². The van der Waals surface area contributed by atoms with E-state index in [-0.39, 0.29) is 6.04 Å². The quantitative estimate of drug-likeness (QED) is 0.657. The summed E-state index contributed by atoms with van der Waals surface area (Å²) in [6.07, 6.45) is 1.08. The lowest BCUT2D eigenvalue weighted by atomic mass is 9.99. The lowest BCUT2D eigenvalue weighted by Gasteiger charge is -2.16. The van der Waals surface area contributed by atoms with Gasteiger partial charge in [0, 0.05) is 17.1 Å². The zero-order valence-corrected chi connectivity index (χ0v) is 11.5. The summed E-state index contributed by atoms with van der Waals surface area (Å²) >= 11 is 5.82. The third-order valence-corrected chi connectivity index (χ3v) is 3.29. The fourth-order valence-electron chi connectivity index (χ4n) is 2.11. The molecule has 2 aromatic rings. The smallest absolute Gasteiger partial charge is 0.126 e. The highest BCUT2D eigenvalue weighted by Crippen LogP contribution is 2.14. The van der Waals surface area contributed by atoms with Crippen LogP contribution in [0.1, 0.15) is 11.1 Å². The number of hydrogen-bond acceptors (Lipinski definition) is 2. The van der Waals surface area contributed by atoms with Gasteiger partial charge < -0.3 is 0 Å². The highest BCUT2D eigenvalue weighted by Gasteiger charge is 2.10. The molecule has 0 aliphatic heterocycles. The van der Waals surface area contributed by atoms with Crippen LogP contribution in [0.4, 0.5) is 8.78 Å². The maximum Gasteiger partial charge on any atom is 0.126 e. The second kappa shape index (κ2) is 6.79. The number of hydrazine groups is 1. The first-order valence-corrected chi connectivity index (χ1v) is 6.60. The molecule has 0 fully saturated rings. The van der Waals surface area contributed by atoms with Crippen molar-refractivity contribution in [1.29, 1.82) is 0 Å². The Hall–Kier alpha value is -1.49. The minimum Gasteiger partial charge on any atom is -0.271 e. The third kappa shape index (κ3) is 4.27. The molecule has 0 bridgehead atoms. The molecule has 5 heteroatoms. The molecule has 0 aromatic heterocycles. The monoisotopic (exact) mass is 296 g/mol. The highest BCUT2D eigenvalue weighted by molar-refractivity contribution is 6.30. The van der Waals surface area contributed by atoms with E-state index in [0.29, 0.717) is 23.4 Å². The number of benzene rings is 2. The van der Waals surface area contributed by atoms with Crippen molar-refractivity contribution in [3.8, 4) is 0 Å². The summed E-state index contributed by atoms with van der Waals surface area (Å²) in [5.74, 6) is 4.35. The molecule has 0 saturated carbocycles. The first-order valence-electron chi connectivity index (χ1n) is 6.22. The van der Waals surface area contributed by atoms with Crippen molar-refractivity contribution < 1.29 is 8.78 Å². The summed E-state index contributed by atoms with van der Waals surface area (Å²) in [5, 5.41) is 0.665. The summed E-state index contributed by atoms with van der Waals surface area (Å²) in [5.41, 5.74) is 4.29. The molecular weight excluding hydrogens is 282 g/mol. The highest BCUT2D eigenvalue weighted by atomic mass is 35.5. The van der Waals surface area contributed by atoms with Gasteiger partial charge >= 0.3 is 0 Å². The molecule has 20 heavy (non-hydrogen) atoms. The first-order chi connectivity index (χ1) is 9.56. The fraction of sp³-hybridized carbons (Fsp3) is 0.200. The molecule has 0 aliphatic carbocycles. The Balaban J connectivity index is 2.06. The number of rotatable bonds is 5. The van der Waals surface area contributed by atoms with Gasteiger partial charge in [-0.2, -0.15) is 0 Å². The van der Waals surface area contributed by atoms with Crippen LogP contribution in [0.2, 0.25) is 5.02 Å². The van der Waals surface area contributed by atoms with Gasteiger partial charge in [-0.1, -0.05) is 23.7 Å². The van der Waals surface area contributed by atoms with Crippen molar-refractivity contribution in [2.24, 2.45) is 5.84 Å². The summed E-state index contributed by atoms with van der Waals surface area (Å²) in [4.78, 5) is 0. The Bertz CT molecular complexity index is 552. The van der Waals surface area contributed by atoms with Crippen molar-refractivity contribution >= 4 is 11.6 Å². The van der Waals surface area contributed by atoms with E-state index >= 15 is 0 Å². The molecule has 1 atom stereocenters. The Morgan fingerprint density at radius 1 is 0.950 bits per heavy atom. The normalized spacial score (nSPS) is 12.4. The maximum atomic E-state index is 13.1. The average molecular weight is 297 g/mol. The lowest BCUT2D eigenvalue weighted by Crippen LogP contribution is -2.38. The third-order valence-electron chi connectivity index (χ3n) is 3.04. The molecule has 2 nitrogen and oxygen atoms in total. The molecule has 3 N–H and O–H groups in total. The van der Waals surface area contributed by atoms with Crippen LogP contribution in [0.25, 0.3) is 0 Å². The van der Waals surface area contributed by atoms with Gasteiger partial charge in [0.2, 0.25) is 0 Å². The topological polar surface area (TPSA) is 38.0 Å². The van der Waals surface area contributed by atoms with Crippen LogP contribution < -0.4 is 11.3 Å². The number of nitrogens with two attached hydrogens (primary N) is 1. The molecule has 106 valence electrons. The molecule has 2 rings (SSSR count). The lowest BCUT2D eigenvalue weighted by molar-refractivity contribution is 0.516. The van der Waals surface area contributed by atoms with E-state index in [1.165, 1.54) is 12.1 Å². The maximum absolute atomic E-state index is 13.1. The van der Waals surface area contributed by atoms with E-state index in [1.807, 2.05) is 12.1 Å². The zero-order chi connectivity index (χ0) is 14.5. The predicted molar refractivity (Wildman–Crippen MR) is 76.3 cm³/mol. The minimum absolute atomic E-state index is 0.114. The van der Waals surface area contributed by atoms with Crippen LogP contribution >= 0.6 is 11.6 Å². The summed E-state index contributed by atoms with van der Waals surface area (Å²) in [6.45, 7) is 0. The molecule has 0 radical (unpaired) electrons. The number of halogens is 3. The van der Waals surface area contributed by atoms with Crippen molar-refractivity contribution in [3.63, 3.8) is 0 Å². The van der Waals surface area contributed by atoms with Gasteiger partial charge in [0.05, 0.1) is 0 Å². The first kappa shape index (κ1) is 14.9. The minimum atomic E-state index is -0.581. The molecular formula is C15H15ClF2N2. The molecule has 0 amide bonds. The van der Waals surface area contributed by atoms with Crippen molar-refractivity contribution in [3.05, 3.63) is 70.2 Å². The molecule has 0 aliphatic rings. The van der Waals surface area contributed by atoms with Crippen LogP contribution in [-0.4, -0.2) is 6.04 Å². The Kier molecular flexibility index (Phi) is 5.06. The zero-order valence-electron chi connectivity index (χ0n) is 10.7. The van der Waals surface area contributed by atoms with Gasteiger partial charge in [0.15, 0.2) is 0 Å². The SMILES string of the molecule is NNC(Cc1ccc(Cl)cc1)Cc1cc(F)cc(F)c1. The van der Waals surface area contributed by atoms with Gasteiger partial charge in [-0.15, -0.1) is 0 Å². The summed E-state index contributed by atoms with van der Waals surface area (Å²) in [7, 11) is 0. The van der Waals surface area contributed by atoms with Crippen LogP contribution in [0.3, 0.4) is 0 Å². The Labute approximate surface area is 121 Å². The van der Waals surface area contributed by atoms with E-state index in [2.05, 4.69) is 5.43 Å². The summed E-state index contributed by atoms with van der Waals surface area (Å²) < 4.78 is 26.3. The number of hydrogen-bond donors (Lipinski definition) is 2. The van der Waals surface area contributed by atoms with E-state index < -0.39 is 11.6 Å². The standard InChI is InChI=1S/C15H15ClF2N2/c16-12-3-1-10(2-4-12)7-15(20-19)8-11-5-13(17)9-14(18)6-11/h1-6,9,15,20H,7-8,19H2. The second-order valence-electron chi connectivity index (χ2n) is 4.68. The average Bonchev–Trinajstić information content (AvgIpc) is 2.39. The molecule has 0 spiro atoms. The Morgan fingerprint density at radius 2 is 1.50 bits per heavy atom.